The summed E-state index contributed by atoms with van der Waals surface area (Å²) in [4.78, 5) is 6.66. The molecule has 2 heterocycles. The maximum atomic E-state index is 13.6. The molecular weight excluding hydrogens is 450 g/mol. The first-order valence-electron chi connectivity index (χ1n) is 11.8. The summed E-state index contributed by atoms with van der Waals surface area (Å²) < 4.78 is 34.9. The van der Waals surface area contributed by atoms with Crippen LogP contribution < -0.4 is 4.74 Å². The van der Waals surface area contributed by atoms with E-state index in [1.807, 2.05) is 32.2 Å². The summed E-state index contributed by atoms with van der Waals surface area (Å²) in [6.45, 7) is 4.97. The average Bonchev–Trinajstić information content (AvgIpc) is 3.64. The van der Waals surface area contributed by atoms with Crippen molar-refractivity contribution in [2.75, 3.05) is 26.7 Å². The Morgan fingerprint density at radius 1 is 1.29 bits per heavy atom. The number of aliphatic hydroxyl groups excluding tert-OH is 1. The lowest BCUT2D eigenvalue weighted by Crippen LogP contribution is -2.49. The fourth-order valence-corrected chi connectivity index (χ4v) is 5.90. The molecule has 2 aromatic rings. The quantitative estimate of drug-likeness (QED) is 0.637. The number of hydrogen-bond donors (Lipinski definition) is 1. The second kappa shape index (κ2) is 10.4. The zero-order chi connectivity index (χ0) is 24.3. The molecule has 1 saturated carbocycles. The van der Waals surface area contributed by atoms with Gasteiger partial charge in [-0.2, -0.15) is 4.31 Å². The van der Waals surface area contributed by atoms with Gasteiger partial charge in [0.1, 0.15) is 16.7 Å². The van der Waals surface area contributed by atoms with E-state index in [4.69, 9.17) is 4.74 Å². The minimum Gasteiger partial charge on any atom is -0.487 e. The van der Waals surface area contributed by atoms with E-state index in [1.54, 1.807) is 31.3 Å². The second-order valence-electron chi connectivity index (χ2n) is 9.46. The van der Waals surface area contributed by atoms with Gasteiger partial charge in [0, 0.05) is 49.3 Å². The molecule has 0 unspecified atom stereocenters. The molecule has 0 amide bonds. The van der Waals surface area contributed by atoms with Crippen LogP contribution >= 0.6 is 0 Å². The van der Waals surface area contributed by atoms with Crippen molar-refractivity contribution in [2.24, 2.45) is 11.8 Å². The first-order valence-corrected chi connectivity index (χ1v) is 13.3. The molecule has 1 aliphatic carbocycles. The highest BCUT2D eigenvalue weighted by Crippen LogP contribution is 2.34. The Kier molecular flexibility index (Phi) is 7.58. The van der Waals surface area contributed by atoms with Gasteiger partial charge in [-0.3, -0.25) is 9.88 Å². The van der Waals surface area contributed by atoms with E-state index in [0.717, 1.165) is 24.1 Å². The number of aromatic nitrogens is 1. The van der Waals surface area contributed by atoms with Crippen molar-refractivity contribution in [3.05, 3.63) is 53.9 Å². The number of aliphatic hydroxyl groups is 1. The number of hydrogen-bond acceptors (Lipinski definition) is 6. The molecule has 182 valence electrons. The van der Waals surface area contributed by atoms with E-state index in [0.29, 0.717) is 24.8 Å². The molecule has 0 bridgehead atoms. The monoisotopic (exact) mass is 483 g/mol. The van der Waals surface area contributed by atoms with Gasteiger partial charge in [0.05, 0.1) is 12.3 Å². The van der Waals surface area contributed by atoms with E-state index < -0.39 is 16.1 Å². The SMILES string of the molecule is C[C@H]1CN([C@@H](C)CO)S(=O)(=O)c2ccc(C#CC3CC3)cc2O[C@@H]1CN(C)Cc1ccccn1. The smallest absolute Gasteiger partial charge is 0.247 e. The van der Waals surface area contributed by atoms with Gasteiger partial charge in [0.25, 0.3) is 0 Å². The van der Waals surface area contributed by atoms with Gasteiger partial charge >= 0.3 is 0 Å². The number of pyridine rings is 1. The highest BCUT2D eigenvalue weighted by molar-refractivity contribution is 7.89. The third kappa shape index (κ3) is 5.78. The van der Waals surface area contributed by atoms with Crippen LogP contribution in [0.2, 0.25) is 0 Å². The summed E-state index contributed by atoms with van der Waals surface area (Å²) in [7, 11) is -1.84. The molecule has 8 heteroatoms. The highest BCUT2D eigenvalue weighted by Gasteiger charge is 2.38. The number of sulfonamides is 1. The molecule has 4 rings (SSSR count). The fraction of sp³-hybridized carbons (Fsp3) is 0.500. The van der Waals surface area contributed by atoms with Gasteiger partial charge < -0.3 is 9.84 Å². The molecule has 1 aliphatic heterocycles. The zero-order valence-corrected chi connectivity index (χ0v) is 20.8. The molecule has 1 N–H and O–H groups in total. The Hall–Kier alpha value is -2.44. The van der Waals surface area contributed by atoms with Crippen LogP contribution in [0, 0.1) is 23.7 Å². The summed E-state index contributed by atoms with van der Waals surface area (Å²) in [6, 6.07) is 10.4. The molecule has 3 atom stereocenters. The zero-order valence-electron chi connectivity index (χ0n) is 20.0. The topological polar surface area (TPSA) is 83.0 Å². The molecule has 1 fully saturated rings. The standard InChI is InChI=1S/C26H33N3O4S/c1-19-15-29(20(2)18-30)34(31,32)26-12-11-22(10-9-21-7-8-21)14-24(26)33-25(19)17-28(3)16-23-6-4-5-13-27-23/h4-6,11-14,19-21,25,30H,7-8,15-18H2,1-3H3/t19-,20-,25+/m0/s1. The number of fused-ring (bicyclic) bond motifs is 1. The van der Waals surface area contributed by atoms with E-state index >= 15 is 0 Å². The summed E-state index contributed by atoms with van der Waals surface area (Å²) in [5.41, 5.74) is 1.70. The minimum atomic E-state index is -3.85. The van der Waals surface area contributed by atoms with Crippen LogP contribution in [0.25, 0.3) is 0 Å². The Bertz CT molecular complexity index is 1160. The Morgan fingerprint density at radius 3 is 2.76 bits per heavy atom. The van der Waals surface area contributed by atoms with Crippen molar-refractivity contribution in [1.29, 1.82) is 0 Å². The van der Waals surface area contributed by atoms with Crippen molar-refractivity contribution < 1.29 is 18.3 Å². The fourth-order valence-electron chi connectivity index (χ4n) is 4.07. The van der Waals surface area contributed by atoms with Crippen molar-refractivity contribution in [3.63, 3.8) is 0 Å². The molecule has 7 nitrogen and oxygen atoms in total. The molecule has 1 aromatic heterocycles. The maximum Gasteiger partial charge on any atom is 0.247 e. The first-order chi connectivity index (χ1) is 16.3. The first kappa shape index (κ1) is 24.7. The molecule has 2 aliphatic rings. The molecule has 0 radical (unpaired) electrons. The van der Waals surface area contributed by atoms with Gasteiger partial charge in [0.15, 0.2) is 0 Å². The third-order valence-corrected chi connectivity index (χ3v) is 8.33. The number of nitrogens with zero attached hydrogens (tertiary/aromatic N) is 3. The lowest BCUT2D eigenvalue weighted by atomic mass is 10.0. The number of likely N-dealkylation sites (N-methyl/N-ethyl adjacent to an activating group) is 1. The van der Waals surface area contributed by atoms with Gasteiger partial charge in [-0.25, -0.2) is 8.42 Å². The summed E-state index contributed by atoms with van der Waals surface area (Å²) >= 11 is 0. The maximum absolute atomic E-state index is 13.6. The van der Waals surface area contributed by atoms with Crippen LogP contribution in [-0.2, 0) is 16.6 Å². The Morgan fingerprint density at radius 2 is 2.09 bits per heavy atom. The molecule has 0 saturated heterocycles. The summed E-state index contributed by atoms with van der Waals surface area (Å²) in [5.74, 6) is 7.06. The van der Waals surface area contributed by atoms with E-state index in [2.05, 4.69) is 21.7 Å². The molecule has 0 spiro atoms. The Labute approximate surface area is 202 Å². The Balaban J connectivity index is 1.66. The van der Waals surface area contributed by atoms with E-state index in [-0.39, 0.29) is 30.1 Å². The number of ether oxygens (including phenoxy) is 1. The normalized spacial score (nSPS) is 23.1. The predicted molar refractivity (Wildman–Crippen MR) is 131 cm³/mol. The number of benzene rings is 1. The van der Waals surface area contributed by atoms with Crippen LogP contribution in [-0.4, -0.2) is 66.6 Å². The van der Waals surface area contributed by atoms with Crippen LogP contribution in [0.4, 0.5) is 0 Å². The van der Waals surface area contributed by atoms with Gasteiger partial charge in [-0.05, 0) is 57.1 Å². The van der Waals surface area contributed by atoms with Gasteiger partial charge in [-0.15, -0.1) is 0 Å². The predicted octanol–water partition coefficient (Wildman–Crippen LogP) is 2.74. The third-order valence-electron chi connectivity index (χ3n) is 6.31. The van der Waals surface area contributed by atoms with Gasteiger partial charge in [0.2, 0.25) is 10.0 Å². The molecule has 34 heavy (non-hydrogen) atoms. The number of rotatable bonds is 6. The van der Waals surface area contributed by atoms with Crippen LogP contribution in [0.1, 0.15) is 37.9 Å². The van der Waals surface area contributed by atoms with Crippen LogP contribution in [0.15, 0.2) is 47.5 Å². The van der Waals surface area contributed by atoms with Crippen molar-refractivity contribution in [3.8, 4) is 17.6 Å². The largest absolute Gasteiger partial charge is 0.487 e. The summed E-state index contributed by atoms with van der Waals surface area (Å²) in [5, 5.41) is 9.79. The van der Waals surface area contributed by atoms with Crippen molar-refractivity contribution in [1.82, 2.24) is 14.2 Å². The highest BCUT2D eigenvalue weighted by atomic mass is 32.2. The van der Waals surface area contributed by atoms with Crippen LogP contribution in [0.5, 0.6) is 5.75 Å². The van der Waals surface area contributed by atoms with Gasteiger partial charge in [-0.1, -0.05) is 24.8 Å². The van der Waals surface area contributed by atoms with Crippen molar-refractivity contribution >= 4 is 10.0 Å². The lowest BCUT2D eigenvalue weighted by Gasteiger charge is -2.37. The second-order valence-corrected chi connectivity index (χ2v) is 11.3. The average molecular weight is 484 g/mol. The summed E-state index contributed by atoms with van der Waals surface area (Å²) in [6.07, 6.45) is 3.76. The lowest BCUT2D eigenvalue weighted by molar-refractivity contribution is 0.0730. The van der Waals surface area contributed by atoms with Crippen LogP contribution in [0.3, 0.4) is 0 Å². The molecule has 1 aromatic carbocycles. The van der Waals surface area contributed by atoms with E-state index in [1.165, 1.54) is 4.31 Å². The molecular formula is C26H33N3O4S. The minimum absolute atomic E-state index is 0.107. The van der Waals surface area contributed by atoms with E-state index in [9.17, 15) is 13.5 Å². The van der Waals surface area contributed by atoms with Crippen molar-refractivity contribution in [2.45, 2.75) is 50.3 Å².